The lowest BCUT2D eigenvalue weighted by molar-refractivity contribution is -0.140. The predicted molar refractivity (Wildman–Crippen MR) is 165 cm³/mol. The van der Waals surface area contributed by atoms with Gasteiger partial charge in [0.05, 0.1) is 22.8 Å². The molecule has 3 aromatic rings. The van der Waals surface area contributed by atoms with Crippen molar-refractivity contribution < 1.29 is 28.3 Å². The first-order valence-electron chi connectivity index (χ1n) is 13.8. The zero-order valence-corrected chi connectivity index (χ0v) is 25.7. The molecule has 2 heterocycles. The Labute approximate surface area is 263 Å². The molecule has 0 spiro atoms. The van der Waals surface area contributed by atoms with Crippen LogP contribution in [0.1, 0.15) is 12.0 Å². The Bertz CT molecular complexity index is 1670. The Balaban J connectivity index is 1.41. The summed E-state index contributed by atoms with van der Waals surface area (Å²) < 4.78 is 20.9. The van der Waals surface area contributed by atoms with Gasteiger partial charge in [-0.25, -0.2) is 9.18 Å². The van der Waals surface area contributed by atoms with Crippen LogP contribution in [-0.2, 0) is 20.9 Å². The molecule has 0 saturated carbocycles. The number of benzene rings is 3. The molecule has 3 aromatic carbocycles. The maximum absolute atomic E-state index is 15.4. The number of urea groups is 1. The minimum atomic E-state index is -1.10. The molecule has 2 aliphatic heterocycles. The zero-order valence-electron chi connectivity index (χ0n) is 24.2. The monoisotopic (exact) mass is 641 g/mol. The highest BCUT2D eigenvalue weighted by atomic mass is 35.5. The van der Waals surface area contributed by atoms with Gasteiger partial charge < -0.3 is 25.6 Å². The van der Waals surface area contributed by atoms with E-state index in [0.717, 1.165) is 4.90 Å². The molecule has 3 N–H and O–H groups in total. The molecule has 1 unspecified atom stereocenters. The smallest absolute Gasteiger partial charge is 0.326 e. The summed E-state index contributed by atoms with van der Waals surface area (Å²) in [6.45, 7) is 0.586. The number of ether oxygens (including phenoxy) is 1. The summed E-state index contributed by atoms with van der Waals surface area (Å²) in [5.74, 6) is -2.54. The minimum Gasteiger partial charge on any atom is -0.496 e. The first-order valence-corrected chi connectivity index (χ1v) is 14.5. The molecule has 2 atom stereocenters. The normalized spacial score (nSPS) is 18.5. The second kappa shape index (κ2) is 12.8. The van der Waals surface area contributed by atoms with Crippen LogP contribution in [0, 0.1) is 11.7 Å². The maximum atomic E-state index is 15.4. The van der Waals surface area contributed by atoms with E-state index in [1.54, 1.807) is 42.5 Å². The van der Waals surface area contributed by atoms with Crippen LogP contribution < -0.4 is 20.7 Å². The highest BCUT2D eigenvalue weighted by Gasteiger charge is 2.39. The van der Waals surface area contributed by atoms with E-state index < -0.39 is 29.6 Å². The number of imide groups is 1. The summed E-state index contributed by atoms with van der Waals surface area (Å²) in [6, 6.07) is 12.7. The van der Waals surface area contributed by atoms with Gasteiger partial charge >= 0.3 is 6.03 Å². The summed E-state index contributed by atoms with van der Waals surface area (Å²) in [4.78, 5) is 51.5. The first kappa shape index (κ1) is 31.2. The Morgan fingerprint density at radius 1 is 1.05 bits per heavy atom. The van der Waals surface area contributed by atoms with Crippen molar-refractivity contribution in [1.29, 1.82) is 0 Å². The largest absolute Gasteiger partial charge is 0.496 e. The number of hydrogen-bond acceptors (Lipinski definition) is 6. The van der Waals surface area contributed by atoms with Crippen molar-refractivity contribution in [2.24, 2.45) is 5.92 Å². The lowest BCUT2D eigenvalue weighted by Crippen LogP contribution is -2.56. The summed E-state index contributed by atoms with van der Waals surface area (Å²) >= 11 is 13.7. The Morgan fingerprint density at radius 3 is 2.41 bits per heavy atom. The van der Waals surface area contributed by atoms with Crippen molar-refractivity contribution in [3.8, 4) is 28.0 Å². The number of nitrogens with zero attached hydrogens (tertiary/aromatic N) is 2. The quantitative estimate of drug-likeness (QED) is 0.311. The molecule has 230 valence electrons. The molecule has 0 bridgehead atoms. The third-order valence-electron chi connectivity index (χ3n) is 7.79. The van der Waals surface area contributed by atoms with E-state index in [2.05, 4.69) is 16.0 Å². The van der Waals surface area contributed by atoms with Gasteiger partial charge in [0.1, 0.15) is 17.5 Å². The minimum absolute atomic E-state index is 0.0505. The molecular weight excluding hydrogens is 612 g/mol. The lowest BCUT2D eigenvalue weighted by Gasteiger charge is -2.33. The van der Waals surface area contributed by atoms with Crippen LogP contribution in [0.15, 0.2) is 48.5 Å². The second-order valence-corrected chi connectivity index (χ2v) is 11.4. The Morgan fingerprint density at radius 2 is 1.73 bits per heavy atom. The Hall–Kier alpha value is -4.19. The SMILES string of the molecule is COc1cc(-c2cccc(-c3cccc(NC(=O)C4CN(C)C(=O)N(C)C4=O)c3Cl)c2Cl)cc(F)c1CN[C@H]1CNC(=O)C1. The van der Waals surface area contributed by atoms with Crippen molar-refractivity contribution in [3.05, 3.63) is 70.0 Å². The predicted octanol–water partition coefficient (Wildman–Crippen LogP) is 4.53. The fourth-order valence-corrected chi connectivity index (χ4v) is 5.96. The van der Waals surface area contributed by atoms with Crippen molar-refractivity contribution in [3.63, 3.8) is 0 Å². The molecule has 0 radical (unpaired) electrons. The van der Waals surface area contributed by atoms with Crippen LogP contribution in [-0.4, -0.2) is 73.9 Å². The molecule has 5 rings (SSSR count). The van der Waals surface area contributed by atoms with Gasteiger partial charge in [0.15, 0.2) is 0 Å². The maximum Gasteiger partial charge on any atom is 0.326 e. The highest BCUT2D eigenvalue weighted by Crippen LogP contribution is 2.42. The molecule has 0 aromatic heterocycles. The molecule has 13 heteroatoms. The molecule has 10 nitrogen and oxygen atoms in total. The van der Waals surface area contributed by atoms with E-state index in [-0.39, 0.29) is 35.7 Å². The van der Waals surface area contributed by atoms with E-state index in [1.807, 2.05) is 0 Å². The summed E-state index contributed by atoms with van der Waals surface area (Å²) in [7, 11) is 4.29. The number of halogens is 3. The van der Waals surface area contributed by atoms with Gasteiger partial charge in [0.2, 0.25) is 17.7 Å². The zero-order chi connectivity index (χ0) is 31.7. The molecule has 0 aliphatic carbocycles. The van der Waals surface area contributed by atoms with Crippen molar-refractivity contribution in [2.45, 2.75) is 19.0 Å². The summed E-state index contributed by atoms with van der Waals surface area (Å²) in [5, 5.41) is 9.12. The van der Waals surface area contributed by atoms with Gasteiger partial charge in [-0.1, -0.05) is 53.5 Å². The number of carbonyl (C=O) groups is 4. The lowest BCUT2D eigenvalue weighted by atomic mass is 9.97. The van der Waals surface area contributed by atoms with Gasteiger partial charge in [-0.05, 0) is 23.8 Å². The van der Waals surface area contributed by atoms with Gasteiger partial charge in [-0.2, -0.15) is 0 Å². The van der Waals surface area contributed by atoms with Crippen molar-refractivity contribution >= 4 is 52.6 Å². The number of nitrogens with one attached hydrogen (secondary N) is 3. The Kier molecular flexibility index (Phi) is 9.10. The number of rotatable bonds is 8. The topological polar surface area (TPSA) is 120 Å². The molecule has 5 amide bonds. The van der Waals surface area contributed by atoms with E-state index in [9.17, 15) is 19.2 Å². The number of amides is 5. The third-order valence-corrected chi connectivity index (χ3v) is 8.61. The second-order valence-electron chi connectivity index (χ2n) is 10.7. The number of anilines is 1. The van der Waals surface area contributed by atoms with Crippen LogP contribution in [0.2, 0.25) is 10.0 Å². The molecule has 2 saturated heterocycles. The van der Waals surface area contributed by atoms with E-state index >= 15 is 4.39 Å². The van der Waals surface area contributed by atoms with Gasteiger partial charge in [-0.15, -0.1) is 0 Å². The van der Waals surface area contributed by atoms with Crippen LogP contribution in [0.25, 0.3) is 22.3 Å². The molecular formula is C31H30Cl2FN5O5. The van der Waals surface area contributed by atoms with Crippen molar-refractivity contribution in [2.75, 3.05) is 39.6 Å². The van der Waals surface area contributed by atoms with Crippen LogP contribution in [0.5, 0.6) is 5.75 Å². The standard InChI is InChI=1S/C31H30Cl2FN5O5/c1-38-15-22(30(42)39(2)31(38)43)29(41)37-24-9-5-8-20(28(24)33)19-7-4-6-18(27(19)32)16-10-23(34)21(25(11-16)44-3)14-35-17-12-26(40)36-13-17/h4-11,17,22,35H,12-15H2,1-3H3,(H,36,40)(H,37,41)/t17-,22?/m1/s1. The highest BCUT2D eigenvalue weighted by molar-refractivity contribution is 6.39. The summed E-state index contributed by atoms with van der Waals surface area (Å²) in [5.41, 5.74) is 2.63. The molecule has 2 fully saturated rings. The van der Waals surface area contributed by atoms with Gasteiger partial charge in [0, 0.05) is 68.4 Å². The van der Waals surface area contributed by atoms with Crippen LogP contribution >= 0.6 is 23.2 Å². The van der Waals surface area contributed by atoms with E-state index in [0.29, 0.717) is 51.6 Å². The fourth-order valence-electron chi connectivity index (χ4n) is 5.34. The van der Waals surface area contributed by atoms with Crippen LogP contribution in [0.3, 0.4) is 0 Å². The van der Waals surface area contributed by atoms with Gasteiger partial charge in [-0.3, -0.25) is 19.3 Å². The third kappa shape index (κ3) is 6.08. The number of hydrogen-bond donors (Lipinski definition) is 3. The van der Waals surface area contributed by atoms with Crippen LogP contribution in [0.4, 0.5) is 14.9 Å². The number of methoxy groups -OCH3 is 1. The molecule has 2 aliphatic rings. The van der Waals surface area contributed by atoms with E-state index in [1.165, 1.54) is 32.2 Å². The first-order chi connectivity index (χ1) is 21.0. The molecule has 44 heavy (non-hydrogen) atoms. The average Bonchev–Trinajstić information content (AvgIpc) is 3.43. The van der Waals surface area contributed by atoms with E-state index in [4.69, 9.17) is 27.9 Å². The summed E-state index contributed by atoms with van der Waals surface area (Å²) in [6.07, 6.45) is 0.326. The van der Waals surface area contributed by atoms with Crippen molar-refractivity contribution in [1.82, 2.24) is 20.4 Å². The van der Waals surface area contributed by atoms with Gasteiger partial charge in [0.25, 0.3) is 0 Å². The number of carbonyl (C=O) groups excluding carboxylic acids is 4. The average molecular weight is 643 g/mol. The fraction of sp³-hybridized carbons (Fsp3) is 0.290.